The van der Waals surface area contributed by atoms with Gasteiger partial charge in [-0.3, -0.25) is 9.79 Å². The number of nitrogens with one attached hydrogen (secondary N) is 1. The van der Waals surface area contributed by atoms with Crippen LogP contribution in [0, 0.1) is 0 Å². The standard InChI is InChI=1S/C18H31N9O5/c19-10(4-1-7-13(20)28)14-25-15(32-26-14)11(5-2-8-23-17(21)22)24-18(31)27-9-3-6-12(27)16(29)30/h10-12H,1-9,19H2,(H2,20,28)(H,24,31)(H,29,30)(H4,21,22,23)/t10-,11-,12?/m0/s1. The molecule has 1 aliphatic heterocycles. The van der Waals surface area contributed by atoms with Gasteiger partial charge in [-0.25, -0.2) is 9.59 Å². The zero-order valence-corrected chi connectivity index (χ0v) is 17.8. The highest BCUT2D eigenvalue weighted by Gasteiger charge is 2.35. The van der Waals surface area contributed by atoms with Crippen LogP contribution < -0.4 is 28.3 Å². The summed E-state index contributed by atoms with van der Waals surface area (Å²) >= 11 is 0. The number of amides is 3. The van der Waals surface area contributed by atoms with E-state index < -0.39 is 36.0 Å². The van der Waals surface area contributed by atoms with Crippen molar-refractivity contribution < 1.29 is 24.0 Å². The van der Waals surface area contributed by atoms with E-state index in [0.29, 0.717) is 51.6 Å². The molecule has 3 amide bonds. The number of nitrogens with two attached hydrogens (primary N) is 4. The van der Waals surface area contributed by atoms with Gasteiger partial charge < -0.3 is 42.8 Å². The third kappa shape index (κ3) is 7.37. The Bertz CT molecular complexity index is 824. The van der Waals surface area contributed by atoms with Crippen LogP contribution in [-0.2, 0) is 9.59 Å². The SMILES string of the molecule is NC(=O)CCC[C@H](N)c1noc([C@H](CCCN=C(N)N)NC(=O)N2CCCC2C(=O)O)n1. The van der Waals surface area contributed by atoms with Crippen molar-refractivity contribution in [1.29, 1.82) is 0 Å². The second kappa shape index (κ2) is 11.8. The molecule has 2 heterocycles. The molecular formula is C18H31N9O5. The number of carbonyl (C=O) groups excluding carboxylic acids is 2. The smallest absolute Gasteiger partial charge is 0.326 e. The first-order valence-corrected chi connectivity index (χ1v) is 10.4. The summed E-state index contributed by atoms with van der Waals surface area (Å²) in [5, 5.41) is 16.0. The number of hydrogen-bond acceptors (Lipinski definition) is 8. The number of carboxylic acids is 1. The molecule has 0 spiro atoms. The minimum Gasteiger partial charge on any atom is -0.480 e. The Labute approximate surface area is 184 Å². The number of nitrogens with zero attached hydrogens (tertiary/aromatic N) is 4. The molecule has 0 radical (unpaired) electrons. The van der Waals surface area contributed by atoms with Gasteiger partial charge in [0.15, 0.2) is 11.8 Å². The predicted octanol–water partition coefficient (Wildman–Crippen LogP) is -0.922. The molecule has 3 atom stereocenters. The van der Waals surface area contributed by atoms with Crippen LogP contribution in [0.15, 0.2) is 9.52 Å². The van der Waals surface area contributed by atoms with E-state index in [1.54, 1.807) is 0 Å². The number of hydrogen-bond donors (Lipinski definition) is 6. The topological polar surface area (TPSA) is 242 Å². The van der Waals surface area contributed by atoms with E-state index in [4.69, 9.17) is 27.5 Å². The van der Waals surface area contributed by atoms with Crippen LogP contribution in [0.25, 0.3) is 0 Å². The summed E-state index contributed by atoms with van der Waals surface area (Å²) in [6.07, 6.45) is 2.96. The highest BCUT2D eigenvalue weighted by Crippen LogP contribution is 2.23. The summed E-state index contributed by atoms with van der Waals surface area (Å²) in [5.74, 6) is -1.15. The van der Waals surface area contributed by atoms with Crippen molar-refractivity contribution in [3.63, 3.8) is 0 Å². The number of urea groups is 1. The molecule has 1 unspecified atom stereocenters. The maximum atomic E-state index is 12.8. The number of aliphatic carboxylic acids is 1. The van der Waals surface area contributed by atoms with E-state index in [2.05, 4.69) is 20.4 Å². The van der Waals surface area contributed by atoms with Gasteiger partial charge in [-0.05, 0) is 38.5 Å². The molecular weight excluding hydrogens is 422 g/mol. The van der Waals surface area contributed by atoms with Crippen LogP contribution >= 0.6 is 0 Å². The van der Waals surface area contributed by atoms with Gasteiger partial charge in [0.25, 0.3) is 0 Å². The van der Waals surface area contributed by atoms with Crippen molar-refractivity contribution in [1.82, 2.24) is 20.4 Å². The lowest BCUT2D eigenvalue weighted by molar-refractivity contribution is -0.141. The van der Waals surface area contributed by atoms with Crippen LogP contribution in [-0.4, -0.2) is 63.1 Å². The first-order valence-electron chi connectivity index (χ1n) is 10.4. The van der Waals surface area contributed by atoms with Crippen LogP contribution in [0.5, 0.6) is 0 Å². The molecule has 0 bridgehead atoms. The lowest BCUT2D eigenvalue weighted by atomic mass is 10.1. The Morgan fingerprint density at radius 3 is 2.66 bits per heavy atom. The van der Waals surface area contributed by atoms with Crippen LogP contribution in [0.2, 0.25) is 0 Å². The summed E-state index contributed by atoms with van der Waals surface area (Å²) in [4.78, 5) is 44.5. The first kappa shape index (κ1) is 24.8. The minimum atomic E-state index is -1.05. The van der Waals surface area contributed by atoms with Gasteiger partial charge in [0, 0.05) is 19.5 Å². The van der Waals surface area contributed by atoms with Crippen LogP contribution in [0.3, 0.4) is 0 Å². The molecule has 10 N–H and O–H groups in total. The molecule has 1 aliphatic rings. The fraction of sp³-hybridized carbons (Fsp3) is 0.667. The van der Waals surface area contributed by atoms with E-state index in [0.717, 1.165) is 0 Å². The molecule has 0 aliphatic carbocycles. The quantitative estimate of drug-likeness (QED) is 0.129. The highest BCUT2D eigenvalue weighted by molar-refractivity contribution is 5.83. The van der Waals surface area contributed by atoms with E-state index in [1.165, 1.54) is 4.90 Å². The van der Waals surface area contributed by atoms with E-state index in [9.17, 15) is 19.5 Å². The molecule has 1 saturated heterocycles. The number of guanidine groups is 1. The lowest BCUT2D eigenvalue weighted by Crippen LogP contribution is -2.47. The summed E-state index contributed by atoms with van der Waals surface area (Å²) < 4.78 is 5.32. The number of rotatable bonds is 12. The second-order valence-electron chi connectivity index (χ2n) is 7.60. The molecule has 14 heteroatoms. The third-order valence-corrected chi connectivity index (χ3v) is 5.07. The van der Waals surface area contributed by atoms with Gasteiger partial charge in [0.05, 0.1) is 6.04 Å². The van der Waals surface area contributed by atoms with Gasteiger partial charge in [0.2, 0.25) is 11.8 Å². The summed E-state index contributed by atoms with van der Waals surface area (Å²) in [6.45, 7) is 0.660. The van der Waals surface area contributed by atoms with Gasteiger partial charge in [0.1, 0.15) is 12.1 Å². The number of primary amides is 1. The number of aromatic nitrogens is 2. The largest absolute Gasteiger partial charge is 0.480 e. The molecule has 1 fully saturated rings. The number of carboxylic acid groups (broad SMARTS) is 1. The maximum Gasteiger partial charge on any atom is 0.326 e. The second-order valence-corrected chi connectivity index (χ2v) is 7.60. The van der Waals surface area contributed by atoms with E-state index >= 15 is 0 Å². The fourth-order valence-electron chi connectivity index (χ4n) is 3.42. The van der Waals surface area contributed by atoms with E-state index in [1.807, 2.05) is 0 Å². The predicted molar refractivity (Wildman–Crippen MR) is 113 cm³/mol. The average Bonchev–Trinajstić information content (AvgIpc) is 3.39. The normalized spacial score (nSPS) is 17.5. The molecule has 14 nitrogen and oxygen atoms in total. The molecule has 32 heavy (non-hydrogen) atoms. The molecule has 2 rings (SSSR count). The van der Waals surface area contributed by atoms with Gasteiger partial charge in [-0.1, -0.05) is 5.16 Å². The summed E-state index contributed by atoms with van der Waals surface area (Å²) in [5.41, 5.74) is 21.9. The molecule has 178 valence electrons. The Kier molecular flexibility index (Phi) is 9.19. The van der Waals surface area contributed by atoms with Gasteiger partial charge in [-0.2, -0.15) is 4.98 Å². The van der Waals surface area contributed by atoms with Gasteiger partial charge >= 0.3 is 12.0 Å². The lowest BCUT2D eigenvalue weighted by Gasteiger charge is -2.24. The Morgan fingerprint density at radius 2 is 2.00 bits per heavy atom. The summed E-state index contributed by atoms with van der Waals surface area (Å²) in [7, 11) is 0. The minimum absolute atomic E-state index is 0.0473. The summed E-state index contributed by atoms with van der Waals surface area (Å²) in [6, 6.07) is -2.67. The fourth-order valence-corrected chi connectivity index (χ4v) is 3.42. The third-order valence-electron chi connectivity index (χ3n) is 5.07. The zero-order chi connectivity index (χ0) is 23.7. The van der Waals surface area contributed by atoms with Crippen molar-refractivity contribution in [3.05, 3.63) is 11.7 Å². The van der Waals surface area contributed by atoms with Crippen molar-refractivity contribution in [2.75, 3.05) is 13.1 Å². The number of likely N-dealkylation sites (tertiary alicyclic amines) is 1. The van der Waals surface area contributed by atoms with Crippen LogP contribution in [0.1, 0.15) is 68.7 Å². The Hall–Kier alpha value is -3.42. The molecule has 1 aromatic rings. The van der Waals surface area contributed by atoms with Crippen molar-refractivity contribution >= 4 is 23.9 Å². The van der Waals surface area contributed by atoms with Crippen molar-refractivity contribution in [2.45, 2.75) is 63.1 Å². The van der Waals surface area contributed by atoms with E-state index in [-0.39, 0.29) is 24.1 Å². The van der Waals surface area contributed by atoms with Crippen molar-refractivity contribution in [3.8, 4) is 0 Å². The molecule has 1 aromatic heterocycles. The number of aliphatic imine (C=N–C) groups is 1. The zero-order valence-electron chi connectivity index (χ0n) is 17.8. The Balaban J connectivity index is 2.08. The number of carbonyl (C=O) groups is 3. The Morgan fingerprint density at radius 1 is 1.25 bits per heavy atom. The molecule has 0 saturated carbocycles. The highest BCUT2D eigenvalue weighted by atomic mass is 16.5. The first-order chi connectivity index (χ1) is 15.2. The monoisotopic (exact) mass is 453 g/mol. The maximum absolute atomic E-state index is 12.8. The van der Waals surface area contributed by atoms with Crippen molar-refractivity contribution in [2.24, 2.45) is 27.9 Å². The molecule has 0 aromatic carbocycles. The van der Waals surface area contributed by atoms with Gasteiger partial charge in [-0.15, -0.1) is 0 Å². The average molecular weight is 454 g/mol. The van der Waals surface area contributed by atoms with Crippen LogP contribution in [0.4, 0.5) is 4.79 Å².